The molecule has 0 aromatic carbocycles. The van der Waals surface area contributed by atoms with Gasteiger partial charge in [0.25, 0.3) is 0 Å². The van der Waals surface area contributed by atoms with Crippen LogP contribution in [0.4, 0.5) is 0 Å². The van der Waals surface area contributed by atoms with Crippen LogP contribution < -0.4 is 5.32 Å². The highest BCUT2D eigenvalue weighted by Crippen LogP contribution is 2.81. The average Bonchev–Trinajstić information content (AvgIpc) is 3.44. The van der Waals surface area contributed by atoms with Crippen molar-refractivity contribution < 1.29 is 19.4 Å². The quantitative estimate of drug-likeness (QED) is 0.453. The molecule has 0 radical (unpaired) electrons. The molecule has 8 rings (SSSR count). The summed E-state index contributed by atoms with van der Waals surface area (Å²) in [6.07, 6.45) is 12.6. The number of carbonyl (C=O) groups excluding carboxylic acids is 1. The lowest BCUT2D eigenvalue weighted by Crippen LogP contribution is -2.80. The third-order valence-corrected chi connectivity index (χ3v) is 14.6. The van der Waals surface area contributed by atoms with E-state index in [1.165, 1.54) is 58.3 Å². The molecule has 2 N–H and O–H groups in total. The van der Waals surface area contributed by atoms with Crippen molar-refractivity contribution >= 4 is 5.97 Å². The number of aliphatic hydroxyl groups excluding tert-OH is 1. The SMILES string of the molecule is CC(=O)O[C@@H]1CC[C@]2(C)O[C@H](O)[C@@]1(C)[C@H]2CC[C@]12[C@@H]3CCC[C@@]34CC[C@H]3[C@H]4N[C@H]1[C@@H](C(C)C)CC[C@@]32C. The Kier molecular flexibility index (Phi) is 5.31. The first-order chi connectivity index (χ1) is 17.4. The Hall–Kier alpha value is -0.650. The van der Waals surface area contributed by atoms with Gasteiger partial charge in [-0.25, -0.2) is 0 Å². The monoisotopic (exact) mass is 513 g/mol. The maximum atomic E-state index is 12.1. The molecular weight excluding hydrogens is 462 g/mol. The topological polar surface area (TPSA) is 67.8 Å². The molecule has 208 valence electrons. The van der Waals surface area contributed by atoms with E-state index in [0.717, 1.165) is 43.1 Å². The van der Waals surface area contributed by atoms with Crippen LogP contribution in [-0.2, 0) is 14.3 Å². The summed E-state index contributed by atoms with van der Waals surface area (Å²) in [6.45, 7) is 13.5. The van der Waals surface area contributed by atoms with Crippen LogP contribution in [0.15, 0.2) is 0 Å². The van der Waals surface area contributed by atoms with E-state index in [0.29, 0.717) is 28.2 Å². The van der Waals surface area contributed by atoms with Gasteiger partial charge in [-0.15, -0.1) is 0 Å². The Morgan fingerprint density at radius 2 is 1.84 bits per heavy atom. The minimum atomic E-state index is -0.875. The molecule has 37 heavy (non-hydrogen) atoms. The first-order valence-corrected chi connectivity index (χ1v) is 15.7. The van der Waals surface area contributed by atoms with Crippen molar-refractivity contribution in [2.45, 2.75) is 142 Å². The molecule has 8 aliphatic rings. The van der Waals surface area contributed by atoms with Gasteiger partial charge in [0.05, 0.1) is 11.0 Å². The third-order valence-electron chi connectivity index (χ3n) is 14.6. The number of aliphatic hydroxyl groups is 1. The van der Waals surface area contributed by atoms with E-state index in [9.17, 15) is 9.90 Å². The van der Waals surface area contributed by atoms with Gasteiger partial charge in [0.2, 0.25) is 0 Å². The number of piperidine rings is 2. The number of nitrogens with one attached hydrogen (secondary N) is 1. The number of fused-ring (bicyclic) bond motifs is 2. The maximum Gasteiger partial charge on any atom is 0.302 e. The zero-order valence-corrected chi connectivity index (χ0v) is 24.1. The second-order valence-electron chi connectivity index (χ2n) is 15.7. The molecule has 0 unspecified atom stereocenters. The molecule has 8 bridgehead atoms. The van der Waals surface area contributed by atoms with E-state index in [1.807, 2.05) is 0 Å². The summed E-state index contributed by atoms with van der Waals surface area (Å²) in [6, 6.07) is 1.34. The van der Waals surface area contributed by atoms with Crippen molar-refractivity contribution in [2.75, 3.05) is 0 Å². The summed E-state index contributed by atoms with van der Waals surface area (Å²) in [5.74, 6) is 3.05. The van der Waals surface area contributed by atoms with Gasteiger partial charge in [0.15, 0.2) is 6.29 Å². The molecular formula is C32H51NO4. The molecule has 5 nitrogen and oxygen atoms in total. The van der Waals surface area contributed by atoms with Crippen molar-refractivity contribution in [3.05, 3.63) is 0 Å². The van der Waals surface area contributed by atoms with Gasteiger partial charge in [-0.1, -0.05) is 34.1 Å². The van der Waals surface area contributed by atoms with Crippen LogP contribution in [0.5, 0.6) is 0 Å². The van der Waals surface area contributed by atoms with E-state index in [-0.39, 0.29) is 23.6 Å². The summed E-state index contributed by atoms with van der Waals surface area (Å²) in [5.41, 5.74) is 0.348. The van der Waals surface area contributed by atoms with Gasteiger partial charge in [-0.05, 0) is 111 Å². The number of esters is 1. The molecule has 0 amide bonds. The Balaban J connectivity index is 1.30. The van der Waals surface area contributed by atoms with Gasteiger partial charge in [-0.2, -0.15) is 0 Å². The predicted molar refractivity (Wildman–Crippen MR) is 142 cm³/mol. The fraction of sp³-hybridized carbons (Fsp3) is 0.969. The number of hydrogen-bond donors (Lipinski definition) is 2. The average molecular weight is 514 g/mol. The van der Waals surface area contributed by atoms with Crippen LogP contribution in [0.3, 0.4) is 0 Å². The molecule has 0 aromatic heterocycles. The molecule has 3 aliphatic heterocycles. The Labute approximate surface area is 224 Å². The molecule has 3 heterocycles. The van der Waals surface area contributed by atoms with Gasteiger partial charge in [0, 0.05) is 24.9 Å². The summed E-state index contributed by atoms with van der Waals surface area (Å²) in [7, 11) is 0. The standard InChI is InChI=1S/C32H51NO4/c1-18(2)20-9-14-28(4)21-10-16-31-13-7-8-23(31)32(28,25(20)33-26(21)31)17-11-22-29(5)15-12-24(36-19(3)34)30(22,6)27(35)37-29/h18,20-27,33,35H,7-17H2,1-6H3/t20-,21+,22+,23-,24-,25+,26-,27+,28+,29+,30+,31-,32+/m1/s1. The lowest BCUT2D eigenvalue weighted by atomic mass is 9.33. The number of ether oxygens (including phenoxy) is 2. The molecule has 8 fully saturated rings. The molecule has 1 spiro atoms. The zero-order chi connectivity index (χ0) is 26.2. The van der Waals surface area contributed by atoms with E-state index in [2.05, 4.69) is 39.9 Å². The van der Waals surface area contributed by atoms with Crippen molar-refractivity contribution in [2.24, 2.45) is 51.2 Å². The third kappa shape index (κ3) is 2.81. The Bertz CT molecular complexity index is 984. The van der Waals surface area contributed by atoms with Crippen LogP contribution in [0.2, 0.25) is 0 Å². The molecule has 13 atom stereocenters. The zero-order valence-electron chi connectivity index (χ0n) is 24.1. The molecule has 5 aliphatic carbocycles. The van der Waals surface area contributed by atoms with Gasteiger partial charge < -0.3 is 19.9 Å². The van der Waals surface area contributed by atoms with Gasteiger partial charge >= 0.3 is 5.97 Å². The lowest BCUT2D eigenvalue weighted by molar-refractivity contribution is -0.249. The van der Waals surface area contributed by atoms with Crippen molar-refractivity contribution in [3.8, 4) is 0 Å². The van der Waals surface area contributed by atoms with E-state index >= 15 is 0 Å². The van der Waals surface area contributed by atoms with Crippen LogP contribution >= 0.6 is 0 Å². The normalized spacial score (nSPS) is 59.1. The fourth-order valence-corrected chi connectivity index (χ4v) is 13.2. The van der Waals surface area contributed by atoms with Crippen molar-refractivity contribution in [1.29, 1.82) is 0 Å². The van der Waals surface area contributed by atoms with E-state index < -0.39 is 11.7 Å². The minimum absolute atomic E-state index is 0.193. The first-order valence-electron chi connectivity index (χ1n) is 15.7. The van der Waals surface area contributed by atoms with Crippen LogP contribution in [0.1, 0.15) is 112 Å². The second kappa shape index (κ2) is 7.75. The van der Waals surface area contributed by atoms with Crippen LogP contribution in [-0.4, -0.2) is 41.2 Å². The summed E-state index contributed by atoms with van der Waals surface area (Å²) in [5, 5.41) is 15.7. The first kappa shape index (κ1) is 25.3. The van der Waals surface area contributed by atoms with E-state index in [4.69, 9.17) is 9.47 Å². The van der Waals surface area contributed by atoms with Crippen molar-refractivity contribution in [1.82, 2.24) is 5.32 Å². The predicted octanol–water partition coefficient (Wildman–Crippen LogP) is 5.83. The number of rotatable bonds is 5. The smallest absolute Gasteiger partial charge is 0.302 e. The van der Waals surface area contributed by atoms with Crippen molar-refractivity contribution in [3.63, 3.8) is 0 Å². The molecule has 3 saturated heterocycles. The summed E-state index contributed by atoms with van der Waals surface area (Å²) >= 11 is 0. The van der Waals surface area contributed by atoms with Crippen LogP contribution in [0, 0.1) is 51.2 Å². The maximum absolute atomic E-state index is 12.1. The second-order valence-corrected chi connectivity index (χ2v) is 15.7. The van der Waals surface area contributed by atoms with Gasteiger partial charge in [0.1, 0.15) is 6.10 Å². The number of hydrogen-bond acceptors (Lipinski definition) is 5. The Morgan fingerprint density at radius 1 is 1.05 bits per heavy atom. The minimum Gasteiger partial charge on any atom is -0.462 e. The molecule has 0 aromatic rings. The highest BCUT2D eigenvalue weighted by molar-refractivity contribution is 5.66. The lowest BCUT2D eigenvalue weighted by Gasteiger charge is -2.76. The largest absolute Gasteiger partial charge is 0.462 e. The summed E-state index contributed by atoms with van der Waals surface area (Å²) in [4.78, 5) is 12.1. The summed E-state index contributed by atoms with van der Waals surface area (Å²) < 4.78 is 12.3. The Morgan fingerprint density at radius 3 is 2.57 bits per heavy atom. The molecule has 5 saturated carbocycles. The molecule has 5 heteroatoms. The fourth-order valence-electron chi connectivity index (χ4n) is 13.2. The van der Waals surface area contributed by atoms with E-state index in [1.54, 1.807) is 0 Å². The highest BCUT2D eigenvalue weighted by atomic mass is 16.6. The number of carbonyl (C=O) groups is 1. The highest BCUT2D eigenvalue weighted by Gasteiger charge is 2.80. The van der Waals surface area contributed by atoms with Crippen LogP contribution in [0.25, 0.3) is 0 Å². The van der Waals surface area contributed by atoms with Gasteiger partial charge in [-0.3, -0.25) is 4.79 Å².